The monoisotopic (exact) mass is 314 g/mol. The van der Waals surface area contributed by atoms with Crippen LogP contribution in [0.25, 0.3) is 0 Å². The van der Waals surface area contributed by atoms with E-state index < -0.39 is 10.0 Å². The van der Waals surface area contributed by atoms with Crippen molar-refractivity contribution in [2.75, 3.05) is 27.3 Å². The molecule has 1 aromatic carbocycles. The van der Waals surface area contributed by atoms with Crippen molar-refractivity contribution < 1.29 is 17.9 Å². The van der Waals surface area contributed by atoms with E-state index in [-0.39, 0.29) is 18.0 Å². The third-order valence-electron chi connectivity index (χ3n) is 3.07. The van der Waals surface area contributed by atoms with Crippen molar-refractivity contribution in [1.82, 2.24) is 4.31 Å². The van der Waals surface area contributed by atoms with Gasteiger partial charge in [0.15, 0.2) is 11.5 Å². The molecule has 0 atom stereocenters. The fourth-order valence-corrected chi connectivity index (χ4v) is 3.49. The summed E-state index contributed by atoms with van der Waals surface area (Å²) in [5.74, 6) is 0.791. The van der Waals surface area contributed by atoms with Crippen molar-refractivity contribution in [3.8, 4) is 11.5 Å². The second kappa shape index (κ2) is 7.44. The molecule has 0 fully saturated rings. The molecule has 7 heteroatoms. The first-order valence-corrected chi connectivity index (χ1v) is 7.96. The summed E-state index contributed by atoms with van der Waals surface area (Å²) in [6.07, 6.45) is 1.55. The maximum atomic E-state index is 12.6. The second-order valence-corrected chi connectivity index (χ2v) is 6.20. The van der Waals surface area contributed by atoms with Crippen LogP contribution >= 0.6 is 0 Å². The van der Waals surface area contributed by atoms with Gasteiger partial charge in [-0.25, -0.2) is 8.42 Å². The Hall–Kier alpha value is -1.57. The Morgan fingerprint density at radius 1 is 1.33 bits per heavy atom. The number of ether oxygens (including phenoxy) is 2. The molecule has 0 bridgehead atoms. The molecule has 0 saturated carbocycles. The summed E-state index contributed by atoms with van der Waals surface area (Å²) in [7, 11) is -0.691. The van der Waals surface area contributed by atoms with Gasteiger partial charge in [-0.05, 0) is 6.07 Å². The minimum atomic E-state index is -3.63. The number of methoxy groups -OCH3 is 2. The smallest absolute Gasteiger partial charge is 0.243 e. The highest BCUT2D eigenvalue weighted by atomic mass is 32.2. The molecule has 0 saturated heterocycles. The van der Waals surface area contributed by atoms with Crippen LogP contribution < -0.4 is 15.2 Å². The van der Waals surface area contributed by atoms with E-state index in [0.717, 1.165) is 0 Å². The molecule has 0 aromatic heterocycles. The molecule has 6 nitrogen and oxygen atoms in total. The van der Waals surface area contributed by atoms with Gasteiger partial charge in [-0.3, -0.25) is 0 Å². The van der Waals surface area contributed by atoms with Crippen molar-refractivity contribution in [2.45, 2.75) is 18.4 Å². The Morgan fingerprint density at radius 3 is 2.43 bits per heavy atom. The van der Waals surface area contributed by atoms with Crippen LogP contribution in [0, 0.1) is 0 Å². The van der Waals surface area contributed by atoms with Gasteiger partial charge in [0.2, 0.25) is 10.0 Å². The van der Waals surface area contributed by atoms with E-state index in [1.807, 2.05) is 0 Å². The predicted octanol–water partition coefficient (Wildman–Crippen LogP) is 1.36. The number of rotatable bonds is 8. The standard InChI is InChI=1S/C14H22N2O4S/c1-5-7-16(6-2)21(17,18)12-8-11(10-15)14(20-4)13(9-12)19-3/h5,8-9H,1,6-7,10,15H2,2-4H3. The first-order valence-electron chi connectivity index (χ1n) is 6.52. The molecular formula is C14H22N2O4S. The van der Waals surface area contributed by atoms with Crippen molar-refractivity contribution in [3.05, 3.63) is 30.4 Å². The van der Waals surface area contributed by atoms with Crippen LogP contribution in [0.4, 0.5) is 0 Å². The molecule has 0 radical (unpaired) electrons. The highest BCUT2D eigenvalue weighted by molar-refractivity contribution is 7.89. The SMILES string of the molecule is C=CCN(CC)S(=O)(=O)c1cc(CN)c(OC)c(OC)c1. The average Bonchev–Trinajstić information content (AvgIpc) is 2.50. The zero-order valence-electron chi connectivity index (χ0n) is 12.6. The number of nitrogens with two attached hydrogens (primary N) is 1. The lowest BCUT2D eigenvalue weighted by atomic mass is 10.2. The predicted molar refractivity (Wildman–Crippen MR) is 82.1 cm³/mol. The molecule has 2 N–H and O–H groups in total. The summed E-state index contributed by atoms with van der Waals surface area (Å²) >= 11 is 0. The first-order chi connectivity index (χ1) is 9.95. The number of benzene rings is 1. The van der Waals surface area contributed by atoms with Crippen molar-refractivity contribution in [2.24, 2.45) is 5.73 Å². The summed E-state index contributed by atoms with van der Waals surface area (Å²) in [5.41, 5.74) is 6.24. The van der Waals surface area contributed by atoms with Crippen LogP contribution in [0.1, 0.15) is 12.5 Å². The van der Waals surface area contributed by atoms with Gasteiger partial charge in [0.05, 0.1) is 19.1 Å². The Labute approximate surface area is 126 Å². The summed E-state index contributed by atoms with van der Waals surface area (Å²) in [6, 6.07) is 2.96. The largest absolute Gasteiger partial charge is 0.493 e. The summed E-state index contributed by atoms with van der Waals surface area (Å²) < 4.78 is 37.0. The van der Waals surface area contributed by atoms with E-state index in [0.29, 0.717) is 23.6 Å². The van der Waals surface area contributed by atoms with Gasteiger partial charge in [-0.2, -0.15) is 4.31 Å². The molecule has 1 aromatic rings. The Morgan fingerprint density at radius 2 is 2.00 bits per heavy atom. The van der Waals surface area contributed by atoms with Crippen molar-refractivity contribution in [3.63, 3.8) is 0 Å². The third-order valence-corrected chi connectivity index (χ3v) is 4.99. The maximum Gasteiger partial charge on any atom is 0.243 e. The summed E-state index contributed by atoms with van der Waals surface area (Å²) in [4.78, 5) is 0.129. The van der Waals surface area contributed by atoms with Crippen molar-refractivity contribution in [1.29, 1.82) is 0 Å². The normalized spacial score (nSPS) is 11.5. The number of sulfonamides is 1. The topological polar surface area (TPSA) is 81.9 Å². The van der Waals surface area contributed by atoms with Crippen LogP contribution in [-0.2, 0) is 16.6 Å². The molecule has 0 heterocycles. The lowest BCUT2D eigenvalue weighted by molar-refractivity contribution is 0.350. The molecule has 0 aliphatic heterocycles. The third kappa shape index (κ3) is 3.55. The van der Waals surface area contributed by atoms with Crippen LogP contribution in [0.3, 0.4) is 0 Å². The van der Waals surface area contributed by atoms with Gasteiger partial charge in [-0.1, -0.05) is 13.0 Å². The quantitative estimate of drug-likeness (QED) is 0.733. The minimum absolute atomic E-state index is 0.129. The molecule has 1 rings (SSSR count). The van der Waals surface area contributed by atoms with E-state index in [1.165, 1.54) is 30.7 Å². The molecule has 0 aliphatic rings. The van der Waals surface area contributed by atoms with Gasteiger partial charge in [0.25, 0.3) is 0 Å². The van der Waals surface area contributed by atoms with Gasteiger partial charge in [0, 0.05) is 31.3 Å². The average molecular weight is 314 g/mol. The lowest BCUT2D eigenvalue weighted by Gasteiger charge is -2.20. The number of hydrogen-bond acceptors (Lipinski definition) is 5. The van der Waals surface area contributed by atoms with E-state index in [2.05, 4.69) is 6.58 Å². The minimum Gasteiger partial charge on any atom is -0.493 e. The summed E-state index contributed by atoms with van der Waals surface area (Å²) in [6.45, 7) is 6.09. The molecule has 0 unspecified atom stereocenters. The Bertz CT molecular complexity index is 574. The molecule has 118 valence electrons. The Balaban J connectivity index is 3.45. The van der Waals surface area contributed by atoms with E-state index in [4.69, 9.17) is 15.2 Å². The first kappa shape index (κ1) is 17.5. The van der Waals surface area contributed by atoms with Crippen molar-refractivity contribution >= 4 is 10.0 Å². The fraction of sp³-hybridized carbons (Fsp3) is 0.429. The Kier molecular flexibility index (Phi) is 6.19. The second-order valence-electron chi connectivity index (χ2n) is 4.27. The molecule has 0 aliphatic carbocycles. The number of hydrogen-bond donors (Lipinski definition) is 1. The maximum absolute atomic E-state index is 12.6. The van der Waals surface area contributed by atoms with Gasteiger partial charge >= 0.3 is 0 Å². The molecular weight excluding hydrogens is 292 g/mol. The van der Waals surface area contributed by atoms with Gasteiger partial charge < -0.3 is 15.2 Å². The zero-order valence-corrected chi connectivity index (χ0v) is 13.4. The molecule has 0 spiro atoms. The molecule has 0 amide bonds. The molecule has 21 heavy (non-hydrogen) atoms. The fourth-order valence-electron chi connectivity index (χ4n) is 2.01. The van der Waals surface area contributed by atoms with Crippen LogP contribution in [0.15, 0.2) is 29.7 Å². The van der Waals surface area contributed by atoms with Crippen LogP contribution in [0.5, 0.6) is 11.5 Å². The van der Waals surface area contributed by atoms with E-state index in [9.17, 15) is 8.42 Å². The van der Waals surface area contributed by atoms with Gasteiger partial charge in [0.1, 0.15) is 0 Å². The lowest BCUT2D eigenvalue weighted by Crippen LogP contribution is -2.31. The van der Waals surface area contributed by atoms with E-state index in [1.54, 1.807) is 13.0 Å². The van der Waals surface area contributed by atoms with Gasteiger partial charge in [-0.15, -0.1) is 6.58 Å². The number of nitrogens with zero attached hydrogens (tertiary/aromatic N) is 1. The highest BCUT2D eigenvalue weighted by Crippen LogP contribution is 2.34. The summed E-state index contributed by atoms with van der Waals surface area (Å²) in [5, 5.41) is 0. The number of likely N-dealkylation sites (N-methyl/N-ethyl adjacent to an activating group) is 1. The van der Waals surface area contributed by atoms with Crippen LogP contribution in [0.2, 0.25) is 0 Å². The highest BCUT2D eigenvalue weighted by Gasteiger charge is 2.25. The van der Waals surface area contributed by atoms with Crippen LogP contribution in [-0.4, -0.2) is 40.0 Å². The van der Waals surface area contributed by atoms with E-state index >= 15 is 0 Å². The zero-order chi connectivity index (χ0) is 16.0.